The molecule has 0 heterocycles. The molecule has 0 aliphatic carbocycles. The maximum Gasteiger partial charge on any atom is 0.150 e. The van der Waals surface area contributed by atoms with Gasteiger partial charge in [0, 0.05) is 24.3 Å². The third kappa shape index (κ3) is 20.6. The summed E-state index contributed by atoms with van der Waals surface area (Å²) in [7, 11) is 0. The molecule has 4 N–H and O–H groups in total. The Balaban J connectivity index is 3.32. The molecule has 0 aromatic carbocycles. The molecule has 0 fully saturated rings. The van der Waals surface area contributed by atoms with E-state index in [1.807, 2.05) is 23.5 Å². The van der Waals surface area contributed by atoms with Crippen LogP contribution in [0.3, 0.4) is 0 Å². The highest BCUT2D eigenvalue weighted by atomic mass is 32.2. The minimum atomic E-state index is -0.267. The third-order valence-corrected chi connectivity index (χ3v) is 7.73. The van der Waals surface area contributed by atoms with E-state index >= 15 is 0 Å². The second kappa shape index (κ2) is 21.5. The second-order valence-corrected chi connectivity index (χ2v) is 12.4. The van der Waals surface area contributed by atoms with Crippen LogP contribution in [0.4, 0.5) is 0 Å². The van der Waals surface area contributed by atoms with E-state index in [1.54, 1.807) is 0 Å². The van der Waals surface area contributed by atoms with E-state index < -0.39 is 0 Å². The van der Waals surface area contributed by atoms with Gasteiger partial charge in [0.15, 0.2) is 0 Å². The standard InChI is InChI=1S/C26H52N2O2S2/c1-21(2)19-23(27)25(29)13-17-31-15-11-9-7-5-6-8-10-12-16-32-18-14-26(30)24(28)20-22(3)4/h21-24H,5-20,27-28H2,1-4H3/t23-,24-/m0/s1. The predicted octanol–water partition coefficient (Wildman–Crippen LogP) is 6.24. The summed E-state index contributed by atoms with van der Waals surface area (Å²) in [6, 6.07) is -0.534. The van der Waals surface area contributed by atoms with Gasteiger partial charge in [0.05, 0.1) is 12.1 Å². The molecule has 0 aliphatic rings. The molecule has 6 heteroatoms. The first-order chi connectivity index (χ1) is 15.2. The van der Waals surface area contributed by atoms with E-state index in [2.05, 4.69) is 27.7 Å². The summed E-state index contributed by atoms with van der Waals surface area (Å²) in [5, 5.41) is 0. The monoisotopic (exact) mass is 488 g/mol. The number of ketones is 2. The molecule has 4 nitrogen and oxygen atoms in total. The van der Waals surface area contributed by atoms with Gasteiger partial charge in [0.1, 0.15) is 11.6 Å². The Kier molecular flexibility index (Phi) is 21.5. The van der Waals surface area contributed by atoms with Gasteiger partial charge < -0.3 is 11.5 Å². The molecule has 0 bridgehead atoms. The highest BCUT2D eigenvalue weighted by Gasteiger charge is 2.15. The van der Waals surface area contributed by atoms with Crippen LogP contribution in [0.2, 0.25) is 0 Å². The fraction of sp³-hybridized carbons (Fsp3) is 0.923. The number of Topliss-reactive ketones (excluding diaryl/α,β-unsaturated/α-hetero) is 2. The number of hydrogen-bond acceptors (Lipinski definition) is 6. The third-order valence-electron chi connectivity index (χ3n) is 5.59. The van der Waals surface area contributed by atoms with Gasteiger partial charge in [-0.3, -0.25) is 9.59 Å². The van der Waals surface area contributed by atoms with Gasteiger partial charge in [-0.25, -0.2) is 0 Å². The molecule has 2 atom stereocenters. The van der Waals surface area contributed by atoms with Crippen molar-refractivity contribution in [1.82, 2.24) is 0 Å². The summed E-state index contributed by atoms with van der Waals surface area (Å²) in [5.41, 5.74) is 11.9. The zero-order chi connectivity index (χ0) is 24.2. The minimum Gasteiger partial charge on any atom is -0.322 e. The predicted molar refractivity (Wildman–Crippen MR) is 146 cm³/mol. The molecule has 32 heavy (non-hydrogen) atoms. The Morgan fingerprint density at radius 1 is 0.562 bits per heavy atom. The number of carbonyl (C=O) groups is 2. The number of carbonyl (C=O) groups excluding carboxylic acids is 2. The number of unbranched alkanes of at least 4 members (excludes halogenated alkanes) is 7. The molecule has 0 radical (unpaired) electrons. The summed E-state index contributed by atoms with van der Waals surface area (Å²) in [5.74, 6) is 5.59. The van der Waals surface area contributed by atoms with Crippen LogP contribution in [0, 0.1) is 11.8 Å². The van der Waals surface area contributed by atoms with E-state index in [4.69, 9.17) is 11.5 Å². The summed E-state index contributed by atoms with van der Waals surface area (Å²) < 4.78 is 0. The van der Waals surface area contributed by atoms with Crippen molar-refractivity contribution < 1.29 is 9.59 Å². The van der Waals surface area contributed by atoms with Gasteiger partial charge in [0.2, 0.25) is 0 Å². The highest BCUT2D eigenvalue weighted by molar-refractivity contribution is 7.99. The molecular formula is C26H52N2O2S2. The lowest BCUT2D eigenvalue weighted by Gasteiger charge is -2.12. The number of thioether (sulfide) groups is 2. The Hall–Kier alpha value is -0.0400. The maximum atomic E-state index is 11.9. The molecule has 0 unspecified atom stereocenters. The molecule has 0 saturated carbocycles. The smallest absolute Gasteiger partial charge is 0.150 e. The first-order valence-electron chi connectivity index (χ1n) is 13.0. The minimum absolute atomic E-state index is 0.226. The van der Waals surface area contributed by atoms with Gasteiger partial charge in [-0.15, -0.1) is 0 Å². The molecule has 0 saturated heterocycles. The lowest BCUT2D eigenvalue weighted by molar-refractivity contribution is -0.121. The Bertz CT molecular complexity index is 431. The second-order valence-electron chi connectivity index (χ2n) is 9.96. The molecule has 0 aromatic rings. The van der Waals surface area contributed by atoms with Crippen LogP contribution < -0.4 is 11.5 Å². The topological polar surface area (TPSA) is 86.2 Å². The van der Waals surface area contributed by atoms with Crippen molar-refractivity contribution >= 4 is 35.1 Å². The summed E-state index contributed by atoms with van der Waals surface area (Å²) in [4.78, 5) is 23.9. The quantitative estimate of drug-likeness (QED) is 0.166. The van der Waals surface area contributed by atoms with Gasteiger partial charge in [0.25, 0.3) is 0 Å². The maximum absolute atomic E-state index is 11.9. The van der Waals surface area contributed by atoms with E-state index in [1.165, 1.54) is 51.4 Å². The lowest BCUT2D eigenvalue weighted by Crippen LogP contribution is -2.32. The van der Waals surface area contributed by atoms with Crippen molar-refractivity contribution in [2.45, 2.75) is 117 Å². The fourth-order valence-corrected chi connectivity index (χ4v) is 5.58. The van der Waals surface area contributed by atoms with E-state index in [0.717, 1.165) is 35.9 Å². The summed E-state index contributed by atoms with van der Waals surface area (Å²) in [6.45, 7) is 8.44. The first kappa shape index (κ1) is 32.0. The van der Waals surface area contributed by atoms with Crippen molar-refractivity contribution in [2.75, 3.05) is 23.0 Å². The van der Waals surface area contributed by atoms with Crippen molar-refractivity contribution in [3.05, 3.63) is 0 Å². The number of rotatable bonds is 23. The van der Waals surface area contributed by atoms with Crippen molar-refractivity contribution in [1.29, 1.82) is 0 Å². The molecular weight excluding hydrogens is 436 g/mol. The molecule has 0 rings (SSSR count). The van der Waals surface area contributed by atoms with Crippen molar-refractivity contribution in [3.63, 3.8) is 0 Å². The van der Waals surface area contributed by atoms with Crippen molar-refractivity contribution in [3.8, 4) is 0 Å². The Morgan fingerprint density at radius 3 is 1.19 bits per heavy atom. The van der Waals surface area contributed by atoms with Gasteiger partial charge in [-0.2, -0.15) is 23.5 Å². The van der Waals surface area contributed by atoms with E-state index in [-0.39, 0.29) is 23.7 Å². The lowest BCUT2D eigenvalue weighted by atomic mass is 10.00. The van der Waals surface area contributed by atoms with Gasteiger partial charge in [-0.05, 0) is 49.0 Å². The zero-order valence-corrected chi connectivity index (χ0v) is 23.0. The van der Waals surface area contributed by atoms with Crippen LogP contribution >= 0.6 is 23.5 Å². The van der Waals surface area contributed by atoms with E-state index in [9.17, 15) is 9.59 Å². The molecule has 190 valence electrons. The normalized spacial score (nSPS) is 13.6. The molecule has 0 aromatic heterocycles. The van der Waals surface area contributed by atoms with Crippen LogP contribution in [0.1, 0.15) is 105 Å². The largest absolute Gasteiger partial charge is 0.322 e. The summed E-state index contributed by atoms with van der Waals surface area (Å²) >= 11 is 3.80. The highest BCUT2D eigenvalue weighted by Crippen LogP contribution is 2.15. The average Bonchev–Trinajstić information content (AvgIpc) is 2.71. The number of nitrogens with two attached hydrogens (primary N) is 2. The Morgan fingerprint density at radius 2 is 0.875 bits per heavy atom. The van der Waals surface area contributed by atoms with E-state index in [0.29, 0.717) is 24.7 Å². The average molecular weight is 489 g/mol. The summed E-state index contributed by atoms with van der Waals surface area (Å²) in [6.07, 6.45) is 13.3. The zero-order valence-electron chi connectivity index (χ0n) is 21.4. The van der Waals surface area contributed by atoms with Crippen molar-refractivity contribution in [2.24, 2.45) is 23.3 Å². The Labute approximate surface area is 207 Å². The van der Waals surface area contributed by atoms with Gasteiger partial charge in [-0.1, -0.05) is 66.2 Å². The van der Waals surface area contributed by atoms with Crippen LogP contribution in [0.15, 0.2) is 0 Å². The van der Waals surface area contributed by atoms with Crippen LogP contribution in [0.5, 0.6) is 0 Å². The number of hydrogen-bond donors (Lipinski definition) is 2. The fourth-order valence-electron chi connectivity index (χ4n) is 3.67. The first-order valence-corrected chi connectivity index (χ1v) is 15.3. The van der Waals surface area contributed by atoms with Crippen LogP contribution in [-0.2, 0) is 9.59 Å². The molecule has 0 spiro atoms. The van der Waals surface area contributed by atoms with Crippen LogP contribution in [0.25, 0.3) is 0 Å². The van der Waals surface area contributed by atoms with Crippen LogP contribution in [-0.4, -0.2) is 46.7 Å². The molecule has 0 aliphatic heterocycles. The van der Waals surface area contributed by atoms with Gasteiger partial charge >= 0.3 is 0 Å². The molecule has 0 amide bonds. The SMILES string of the molecule is CC(C)C[C@H](N)C(=O)CCSCCCCCCCCCCSCCC(=O)[C@@H](N)CC(C)C.